The fourth-order valence-corrected chi connectivity index (χ4v) is 1.92. The molecule has 1 aliphatic heterocycles. The first-order valence-electron chi connectivity index (χ1n) is 5.72. The van der Waals surface area contributed by atoms with Crippen LogP contribution >= 0.6 is 0 Å². The van der Waals surface area contributed by atoms with Crippen molar-refractivity contribution in [1.29, 1.82) is 0 Å². The van der Waals surface area contributed by atoms with Crippen molar-refractivity contribution in [2.75, 3.05) is 33.4 Å². The van der Waals surface area contributed by atoms with Crippen LogP contribution in [-0.2, 0) is 4.74 Å². The Kier molecular flexibility index (Phi) is 5.45. The number of nitrogens with zero attached hydrogens (tertiary/aromatic N) is 1. The fraction of sp³-hybridized carbons (Fsp3) is 1.00. The lowest BCUT2D eigenvalue weighted by Crippen LogP contribution is -2.26. The monoisotopic (exact) mass is 200 g/mol. The highest BCUT2D eigenvalue weighted by molar-refractivity contribution is 4.75. The van der Waals surface area contributed by atoms with E-state index in [-0.39, 0.29) is 0 Å². The van der Waals surface area contributed by atoms with Gasteiger partial charge in [-0.05, 0) is 45.3 Å². The normalized spacial score (nSPS) is 25.5. The lowest BCUT2D eigenvalue weighted by molar-refractivity contribution is 0.0908. The van der Waals surface area contributed by atoms with Gasteiger partial charge in [0.2, 0.25) is 0 Å². The van der Waals surface area contributed by atoms with Gasteiger partial charge in [0.1, 0.15) is 0 Å². The average molecular weight is 200 g/mol. The number of ether oxygens (including phenoxy) is 1. The van der Waals surface area contributed by atoms with Crippen molar-refractivity contribution in [3.8, 4) is 0 Å². The van der Waals surface area contributed by atoms with Crippen molar-refractivity contribution in [2.24, 2.45) is 11.7 Å². The van der Waals surface area contributed by atoms with Crippen LogP contribution in [-0.4, -0.2) is 44.3 Å². The van der Waals surface area contributed by atoms with Crippen LogP contribution in [0.1, 0.15) is 26.2 Å². The van der Waals surface area contributed by atoms with E-state index in [1.54, 1.807) is 0 Å². The van der Waals surface area contributed by atoms with E-state index < -0.39 is 0 Å². The molecule has 0 aliphatic carbocycles. The molecule has 0 aromatic carbocycles. The molecule has 0 bridgehead atoms. The summed E-state index contributed by atoms with van der Waals surface area (Å²) in [7, 11) is 2.21. The standard InChI is InChI=1S/C11H24N2O/c1-10(8-12)9-14-7-5-11-4-3-6-13(11)2/h10-11H,3-9,12H2,1-2H3. The van der Waals surface area contributed by atoms with E-state index >= 15 is 0 Å². The third-order valence-corrected chi connectivity index (χ3v) is 3.07. The molecule has 1 aliphatic rings. The van der Waals surface area contributed by atoms with E-state index in [0.717, 1.165) is 25.8 Å². The smallest absolute Gasteiger partial charge is 0.0503 e. The summed E-state index contributed by atoms with van der Waals surface area (Å²) in [6.07, 6.45) is 3.86. The van der Waals surface area contributed by atoms with Gasteiger partial charge in [0.25, 0.3) is 0 Å². The minimum atomic E-state index is 0.497. The average Bonchev–Trinajstić information content (AvgIpc) is 2.58. The third kappa shape index (κ3) is 3.95. The van der Waals surface area contributed by atoms with E-state index in [1.807, 2.05) is 0 Å². The van der Waals surface area contributed by atoms with Crippen LogP contribution in [0.4, 0.5) is 0 Å². The van der Waals surface area contributed by atoms with Gasteiger partial charge in [0, 0.05) is 12.6 Å². The van der Waals surface area contributed by atoms with E-state index in [9.17, 15) is 0 Å². The van der Waals surface area contributed by atoms with Crippen molar-refractivity contribution in [2.45, 2.75) is 32.2 Å². The molecule has 2 N–H and O–H groups in total. The van der Waals surface area contributed by atoms with Gasteiger partial charge in [-0.1, -0.05) is 6.92 Å². The minimum Gasteiger partial charge on any atom is -0.381 e. The molecular formula is C11H24N2O. The van der Waals surface area contributed by atoms with Gasteiger partial charge in [0.05, 0.1) is 6.61 Å². The maximum Gasteiger partial charge on any atom is 0.0503 e. The van der Waals surface area contributed by atoms with Crippen molar-refractivity contribution < 1.29 is 4.74 Å². The Balaban J connectivity index is 1.98. The molecule has 84 valence electrons. The summed E-state index contributed by atoms with van der Waals surface area (Å²) >= 11 is 0. The molecular weight excluding hydrogens is 176 g/mol. The van der Waals surface area contributed by atoms with Gasteiger partial charge in [0.15, 0.2) is 0 Å². The van der Waals surface area contributed by atoms with Crippen LogP contribution in [0, 0.1) is 5.92 Å². The predicted octanol–water partition coefficient (Wildman–Crippen LogP) is 1.08. The maximum absolute atomic E-state index is 5.59. The van der Waals surface area contributed by atoms with E-state index in [2.05, 4.69) is 18.9 Å². The number of nitrogens with two attached hydrogens (primary N) is 1. The van der Waals surface area contributed by atoms with Crippen molar-refractivity contribution in [3.63, 3.8) is 0 Å². The first-order valence-corrected chi connectivity index (χ1v) is 5.72. The first-order chi connectivity index (χ1) is 6.74. The Morgan fingerprint density at radius 3 is 2.93 bits per heavy atom. The summed E-state index contributed by atoms with van der Waals surface area (Å²) < 4.78 is 5.59. The van der Waals surface area contributed by atoms with E-state index in [4.69, 9.17) is 10.5 Å². The van der Waals surface area contributed by atoms with Gasteiger partial charge in [-0.25, -0.2) is 0 Å². The Labute approximate surface area is 87.6 Å². The van der Waals surface area contributed by atoms with Crippen molar-refractivity contribution >= 4 is 0 Å². The second-order valence-corrected chi connectivity index (χ2v) is 4.48. The first kappa shape index (κ1) is 12.0. The minimum absolute atomic E-state index is 0.497. The van der Waals surface area contributed by atoms with E-state index in [0.29, 0.717) is 5.92 Å². The molecule has 2 unspecified atom stereocenters. The third-order valence-electron chi connectivity index (χ3n) is 3.07. The molecule has 0 amide bonds. The van der Waals surface area contributed by atoms with Gasteiger partial charge in [-0.3, -0.25) is 0 Å². The van der Waals surface area contributed by atoms with Crippen LogP contribution in [0.3, 0.4) is 0 Å². The molecule has 0 saturated carbocycles. The molecule has 3 nitrogen and oxygen atoms in total. The van der Waals surface area contributed by atoms with Gasteiger partial charge in [-0.15, -0.1) is 0 Å². The molecule has 1 fully saturated rings. The predicted molar refractivity (Wildman–Crippen MR) is 59.3 cm³/mol. The largest absolute Gasteiger partial charge is 0.381 e. The lowest BCUT2D eigenvalue weighted by atomic mass is 10.1. The molecule has 1 saturated heterocycles. The Bertz CT molecular complexity index is 152. The molecule has 2 atom stereocenters. The topological polar surface area (TPSA) is 38.5 Å². The van der Waals surface area contributed by atoms with Crippen molar-refractivity contribution in [1.82, 2.24) is 4.90 Å². The molecule has 0 aromatic heterocycles. The molecule has 0 spiro atoms. The summed E-state index contributed by atoms with van der Waals surface area (Å²) in [5.41, 5.74) is 5.51. The fourth-order valence-electron chi connectivity index (χ4n) is 1.92. The number of hydrogen-bond acceptors (Lipinski definition) is 3. The molecule has 1 heterocycles. The van der Waals surface area contributed by atoms with Crippen LogP contribution < -0.4 is 5.73 Å². The number of likely N-dealkylation sites (tertiary alicyclic amines) is 1. The van der Waals surface area contributed by atoms with Crippen LogP contribution in [0.15, 0.2) is 0 Å². The van der Waals surface area contributed by atoms with Gasteiger partial charge >= 0.3 is 0 Å². The zero-order valence-electron chi connectivity index (χ0n) is 9.54. The Morgan fingerprint density at radius 2 is 2.36 bits per heavy atom. The highest BCUT2D eigenvalue weighted by Crippen LogP contribution is 2.17. The van der Waals surface area contributed by atoms with Gasteiger partial charge in [-0.2, -0.15) is 0 Å². The summed E-state index contributed by atoms with van der Waals surface area (Å²) in [5.74, 6) is 0.497. The lowest BCUT2D eigenvalue weighted by Gasteiger charge is -2.19. The SMILES string of the molecule is CC(CN)COCCC1CCCN1C. The maximum atomic E-state index is 5.59. The highest BCUT2D eigenvalue weighted by Gasteiger charge is 2.19. The van der Waals surface area contributed by atoms with Crippen LogP contribution in [0.25, 0.3) is 0 Å². The number of rotatable bonds is 6. The van der Waals surface area contributed by atoms with Crippen molar-refractivity contribution in [3.05, 3.63) is 0 Å². The zero-order chi connectivity index (χ0) is 10.4. The summed E-state index contributed by atoms with van der Waals surface area (Å²) in [5, 5.41) is 0. The summed E-state index contributed by atoms with van der Waals surface area (Å²) in [6.45, 7) is 5.81. The molecule has 0 radical (unpaired) electrons. The quantitative estimate of drug-likeness (QED) is 0.652. The Morgan fingerprint density at radius 1 is 1.57 bits per heavy atom. The van der Waals surface area contributed by atoms with Crippen LogP contribution in [0.2, 0.25) is 0 Å². The Hall–Kier alpha value is -0.120. The summed E-state index contributed by atoms with van der Waals surface area (Å²) in [4.78, 5) is 2.44. The second kappa shape index (κ2) is 6.38. The second-order valence-electron chi connectivity index (χ2n) is 4.48. The van der Waals surface area contributed by atoms with Gasteiger partial charge < -0.3 is 15.4 Å². The van der Waals surface area contributed by atoms with E-state index in [1.165, 1.54) is 25.8 Å². The zero-order valence-corrected chi connectivity index (χ0v) is 9.54. The van der Waals surface area contributed by atoms with Crippen LogP contribution in [0.5, 0.6) is 0 Å². The summed E-state index contributed by atoms with van der Waals surface area (Å²) in [6, 6.07) is 0.753. The molecule has 14 heavy (non-hydrogen) atoms. The molecule has 0 aromatic rings. The molecule has 3 heteroatoms. The highest BCUT2D eigenvalue weighted by atomic mass is 16.5. The number of hydrogen-bond donors (Lipinski definition) is 1. The molecule has 1 rings (SSSR count).